The first-order chi connectivity index (χ1) is 7.65. The first-order valence-electron chi connectivity index (χ1n) is 4.71. The molecule has 0 aliphatic heterocycles. The number of thioether (sulfide) groups is 1. The fraction of sp³-hybridized carbons (Fsp3) is 0.273. The molecule has 86 valence electrons. The molecule has 1 rings (SSSR count). The highest BCUT2D eigenvalue weighted by molar-refractivity contribution is 7.99. The number of para-hydroxylation sites is 1. The molecule has 0 fully saturated rings. The fourth-order valence-corrected chi connectivity index (χ4v) is 1.67. The van der Waals surface area contributed by atoms with Crippen molar-refractivity contribution < 1.29 is 14.7 Å². The van der Waals surface area contributed by atoms with E-state index in [0.717, 1.165) is 0 Å². The number of amides is 1. The molecule has 0 atom stereocenters. The Hall–Kier alpha value is -1.49. The van der Waals surface area contributed by atoms with Crippen LogP contribution in [0.5, 0.6) is 0 Å². The zero-order valence-electron chi connectivity index (χ0n) is 8.92. The molecule has 1 aromatic rings. The van der Waals surface area contributed by atoms with Gasteiger partial charge in [0.05, 0.1) is 5.75 Å². The summed E-state index contributed by atoms with van der Waals surface area (Å²) in [6, 6.07) is 8.82. The Bertz CT molecular complexity index is 367. The molecule has 0 radical (unpaired) electrons. The van der Waals surface area contributed by atoms with E-state index >= 15 is 0 Å². The predicted molar refractivity (Wildman–Crippen MR) is 64.8 cm³/mol. The number of hydrogen-bond acceptors (Lipinski definition) is 3. The number of rotatable bonds is 5. The smallest absolute Gasteiger partial charge is 0.323 e. The molecule has 0 heterocycles. The van der Waals surface area contributed by atoms with E-state index < -0.39 is 5.97 Å². The van der Waals surface area contributed by atoms with Gasteiger partial charge in [-0.05, 0) is 18.4 Å². The maximum atomic E-state index is 11.7. The van der Waals surface area contributed by atoms with Gasteiger partial charge in [0.2, 0.25) is 5.91 Å². The molecule has 0 bridgehead atoms. The quantitative estimate of drug-likeness (QED) is 0.845. The van der Waals surface area contributed by atoms with Crippen molar-refractivity contribution in [3.05, 3.63) is 30.3 Å². The molecule has 0 spiro atoms. The maximum Gasteiger partial charge on any atom is 0.323 e. The summed E-state index contributed by atoms with van der Waals surface area (Å²) in [6.07, 6.45) is 1.81. The minimum atomic E-state index is -1.02. The van der Waals surface area contributed by atoms with Crippen molar-refractivity contribution in [2.75, 3.05) is 23.5 Å². The van der Waals surface area contributed by atoms with Crippen LogP contribution < -0.4 is 4.90 Å². The Labute approximate surface area is 98.3 Å². The molecule has 1 amide bonds. The Morgan fingerprint density at radius 3 is 2.44 bits per heavy atom. The number of carbonyl (C=O) groups excluding carboxylic acids is 1. The number of benzene rings is 1. The molecule has 0 aliphatic rings. The summed E-state index contributed by atoms with van der Waals surface area (Å²) in [7, 11) is 0. The topological polar surface area (TPSA) is 57.6 Å². The summed E-state index contributed by atoms with van der Waals surface area (Å²) in [4.78, 5) is 23.7. The summed E-state index contributed by atoms with van der Waals surface area (Å²) in [5, 5.41) is 8.76. The van der Waals surface area contributed by atoms with E-state index in [0.29, 0.717) is 5.69 Å². The largest absolute Gasteiger partial charge is 0.480 e. The third kappa shape index (κ3) is 3.58. The van der Waals surface area contributed by atoms with Crippen molar-refractivity contribution in [1.29, 1.82) is 0 Å². The van der Waals surface area contributed by atoms with Crippen LogP contribution in [0, 0.1) is 0 Å². The van der Waals surface area contributed by atoms with Crippen LogP contribution in [0.15, 0.2) is 30.3 Å². The Balaban J connectivity index is 2.87. The van der Waals surface area contributed by atoms with Gasteiger partial charge in [-0.1, -0.05) is 18.2 Å². The van der Waals surface area contributed by atoms with Crippen LogP contribution in [0.3, 0.4) is 0 Å². The van der Waals surface area contributed by atoms with Gasteiger partial charge in [0, 0.05) is 5.69 Å². The summed E-state index contributed by atoms with van der Waals surface area (Å²) in [5.41, 5.74) is 0.615. The Morgan fingerprint density at radius 2 is 1.94 bits per heavy atom. The number of anilines is 1. The van der Waals surface area contributed by atoms with E-state index in [1.54, 1.807) is 24.3 Å². The highest BCUT2D eigenvalue weighted by Crippen LogP contribution is 2.14. The van der Waals surface area contributed by atoms with E-state index in [1.165, 1.54) is 16.7 Å². The Morgan fingerprint density at radius 1 is 1.31 bits per heavy atom. The highest BCUT2D eigenvalue weighted by atomic mass is 32.2. The fourth-order valence-electron chi connectivity index (χ4n) is 1.27. The van der Waals surface area contributed by atoms with Crippen molar-refractivity contribution in [3.63, 3.8) is 0 Å². The molecule has 0 aliphatic carbocycles. The second-order valence-corrected chi connectivity index (χ2v) is 4.01. The molecule has 0 saturated heterocycles. The SMILES string of the molecule is CSCC(=O)N(CC(=O)O)c1ccccc1. The van der Waals surface area contributed by atoms with Crippen LogP contribution >= 0.6 is 11.8 Å². The molecule has 1 N–H and O–H groups in total. The number of carboxylic acid groups (broad SMARTS) is 1. The molecular formula is C11H13NO3S. The van der Waals surface area contributed by atoms with Crippen LogP contribution in [0.4, 0.5) is 5.69 Å². The third-order valence-corrected chi connectivity index (χ3v) is 2.47. The van der Waals surface area contributed by atoms with E-state index in [-0.39, 0.29) is 18.2 Å². The van der Waals surface area contributed by atoms with Crippen LogP contribution in [0.2, 0.25) is 0 Å². The van der Waals surface area contributed by atoms with Crippen molar-refractivity contribution in [2.24, 2.45) is 0 Å². The van der Waals surface area contributed by atoms with Gasteiger partial charge in [-0.3, -0.25) is 9.59 Å². The van der Waals surface area contributed by atoms with Crippen LogP contribution in [0.1, 0.15) is 0 Å². The van der Waals surface area contributed by atoms with E-state index in [9.17, 15) is 9.59 Å². The number of carbonyl (C=O) groups is 2. The second kappa shape index (κ2) is 6.17. The lowest BCUT2D eigenvalue weighted by atomic mass is 10.3. The van der Waals surface area contributed by atoms with Gasteiger partial charge in [0.15, 0.2) is 0 Å². The van der Waals surface area contributed by atoms with Crippen molar-refractivity contribution in [3.8, 4) is 0 Å². The maximum absolute atomic E-state index is 11.7. The summed E-state index contributed by atoms with van der Waals surface area (Å²) in [6.45, 7) is -0.302. The molecule has 5 heteroatoms. The number of carboxylic acids is 1. The first kappa shape index (κ1) is 12.6. The molecular weight excluding hydrogens is 226 g/mol. The monoisotopic (exact) mass is 239 g/mol. The van der Waals surface area contributed by atoms with Gasteiger partial charge in [-0.15, -0.1) is 0 Å². The minimum Gasteiger partial charge on any atom is -0.480 e. The van der Waals surface area contributed by atoms with E-state index in [2.05, 4.69) is 0 Å². The predicted octanol–water partition coefficient (Wildman–Crippen LogP) is 1.47. The standard InChI is InChI=1S/C11H13NO3S/c1-16-8-10(13)12(7-11(14)15)9-5-3-2-4-6-9/h2-6H,7-8H2,1H3,(H,14,15). The van der Waals surface area contributed by atoms with Gasteiger partial charge in [0.1, 0.15) is 6.54 Å². The van der Waals surface area contributed by atoms with Gasteiger partial charge in [0.25, 0.3) is 0 Å². The zero-order valence-corrected chi connectivity index (χ0v) is 9.74. The average molecular weight is 239 g/mol. The lowest BCUT2D eigenvalue weighted by Gasteiger charge is -2.20. The molecule has 0 unspecified atom stereocenters. The molecule has 16 heavy (non-hydrogen) atoms. The van der Waals surface area contributed by atoms with Crippen LogP contribution in [0.25, 0.3) is 0 Å². The summed E-state index contributed by atoms with van der Waals surface area (Å²) in [5.74, 6) is -0.929. The normalized spacial score (nSPS) is 9.81. The molecule has 0 saturated carbocycles. The van der Waals surface area contributed by atoms with Crippen molar-refractivity contribution in [2.45, 2.75) is 0 Å². The van der Waals surface area contributed by atoms with Gasteiger partial charge >= 0.3 is 5.97 Å². The molecule has 4 nitrogen and oxygen atoms in total. The van der Waals surface area contributed by atoms with Gasteiger partial charge in [-0.25, -0.2) is 0 Å². The zero-order chi connectivity index (χ0) is 12.0. The van der Waals surface area contributed by atoms with E-state index in [4.69, 9.17) is 5.11 Å². The first-order valence-corrected chi connectivity index (χ1v) is 6.10. The van der Waals surface area contributed by atoms with Gasteiger partial charge < -0.3 is 10.0 Å². The van der Waals surface area contributed by atoms with E-state index in [1.807, 2.05) is 12.3 Å². The number of hydrogen-bond donors (Lipinski definition) is 1. The molecule has 1 aromatic carbocycles. The van der Waals surface area contributed by atoms with Crippen LogP contribution in [-0.4, -0.2) is 35.5 Å². The minimum absolute atomic E-state index is 0.193. The number of nitrogens with zero attached hydrogens (tertiary/aromatic N) is 1. The molecule has 0 aromatic heterocycles. The summed E-state index contributed by atoms with van der Waals surface area (Å²) >= 11 is 1.38. The third-order valence-electron chi connectivity index (χ3n) is 1.93. The van der Waals surface area contributed by atoms with Crippen molar-refractivity contribution in [1.82, 2.24) is 0 Å². The average Bonchev–Trinajstić information content (AvgIpc) is 2.27. The lowest BCUT2D eigenvalue weighted by molar-refractivity contribution is -0.136. The highest BCUT2D eigenvalue weighted by Gasteiger charge is 2.17. The second-order valence-electron chi connectivity index (χ2n) is 3.14. The lowest BCUT2D eigenvalue weighted by Crippen LogP contribution is -2.36. The summed E-state index contributed by atoms with van der Waals surface area (Å²) < 4.78 is 0. The van der Waals surface area contributed by atoms with Crippen LogP contribution in [-0.2, 0) is 9.59 Å². The number of aliphatic carboxylic acids is 1. The van der Waals surface area contributed by atoms with Crippen molar-refractivity contribution >= 4 is 29.3 Å². The van der Waals surface area contributed by atoms with Gasteiger partial charge in [-0.2, -0.15) is 11.8 Å². The Kier molecular flexibility index (Phi) is 4.85.